The summed E-state index contributed by atoms with van der Waals surface area (Å²) in [4.78, 5) is 21.5. The molecule has 27 heavy (non-hydrogen) atoms. The van der Waals surface area contributed by atoms with Crippen molar-refractivity contribution >= 4 is 50.3 Å². The Bertz CT molecular complexity index is 1120. The Hall–Kier alpha value is -3.05. The molecule has 0 aliphatic rings. The number of amides is 1. The minimum atomic E-state index is -0.275. The smallest absolute Gasteiger partial charge is 0.269 e. The first-order chi connectivity index (χ1) is 13.1. The summed E-state index contributed by atoms with van der Waals surface area (Å²) in [6, 6.07) is 1.90. The van der Waals surface area contributed by atoms with Crippen LogP contribution in [0.25, 0.3) is 10.3 Å². The summed E-state index contributed by atoms with van der Waals surface area (Å²) in [6.07, 6.45) is 3.53. The number of hydrogen-bond donors (Lipinski definition) is 4. The Morgan fingerprint density at radius 1 is 1.48 bits per heavy atom. The van der Waals surface area contributed by atoms with Gasteiger partial charge in [-0.25, -0.2) is 9.97 Å². The zero-order valence-electron chi connectivity index (χ0n) is 14.3. The van der Waals surface area contributed by atoms with Gasteiger partial charge >= 0.3 is 0 Å². The summed E-state index contributed by atoms with van der Waals surface area (Å²) in [5, 5.41) is 20.7. The lowest BCUT2D eigenvalue weighted by Gasteiger charge is -2.06. The number of carbonyl (C=O) groups excluding carboxylic acids is 1. The van der Waals surface area contributed by atoms with Crippen LogP contribution in [0, 0.1) is 5.41 Å². The maximum absolute atomic E-state index is 12.7. The van der Waals surface area contributed by atoms with Crippen LogP contribution in [0.5, 0.6) is 0 Å². The van der Waals surface area contributed by atoms with Gasteiger partial charge in [0, 0.05) is 42.5 Å². The van der Waals surface area contributed by atoms with Gasteiger partial charge in [0.1, 0.15) is 10.7 Å². The van der Waals surface area contributed by atoms with E-state index in [1.54, 1.807) is 23.2 Å². The molecule has 4 aromatic heterocycles. The Balaban J connectivity index is 1.62. The normalized spacial score (nSPS) is 11.1. The van der Waals surface area contributed by atoms with Crippen molar-refractivity contribution in [2.75, 3.05) is 5.73 Å². The number of aryl methyl sites for hydroxylation is 1. The van der Waals surface area contributed by atoms with Crippen LogP contribution in [0.4, 0.5) is 5.13 Å². The molecule has 4 aromatic rings. The van der Waals surface area contributed by atoms with Gasteiger partial charge in [0.05, 0.1) is 16.9 Å². The number of aromatic amines is 1. The van der Waals surface area contributed by atoms with Crippen molar-refractivity contribution < 1.29 is 4.79 Å². The molecule has 0 aliphatic carbocycles. The molecule has 0 bridgehead atoms. The first kappa shape index (κ1) is 17.4. The van der Waals surface area contributed by atoms with Crippen molar-refractivity contribution in [3.63, 3.8) is 0 Å². The van der Waals surface area contributed by atoms with Gasteiger partial charge in [-0.2, -0.15) is 5.10 Å². The third-order valence-electron chi connectivity index (χ3n) is 4.07. The van der Waals surface area contributed by atoms with Crippen LogP contribution < -0.4 is 11.1 Å². The molecule has 9 nitrogen and oxygen atoms in total. The predicted molar refractivity (Wildman–Crippen MR) is 106 cm³/mol. The van der Waals surface area contributed by atoms with Gasteiger partial charge in [-0.15, -0.1) is 22.7 Å². The summed E-state index contributed by atoms with van der Waals surface area (Å²) < 4.78 is 2.55. The lowest BCUT2D eigenvalue weighted by atomic mass is 10.2. The van der Waals surface area contributed by atoms with Gasteiger partial charge in [0.2, 0.25) is 0 Å². The molecule has 4 rings (SSSR count). The van der Waals surface area contributed by atoms with E-state index in [2.05, 4.69) is 25.5 Å². The highest BCUT2D eigenvalue weighted by molar-refractivity contribution is 7.19. The fraction of sp³-hybridized carbons (Fsp3) is 0.188. The molecule has 0 radical (unpaired) electrons. The second-order valence-corrected chi connectivity index (χ2v) is 7.82. The Kier molecular flexibility index (Phi) is 4.46. The fourth-order valence-electron chi connectivity index (χ4n) is 2.84. The van der Waals surface area contributed by atoms with Gasteiger partial charge in [-0.1, -0.05) is 0 Å². The van der Waals surface area contributed by atoms with Gasteiger partial charge in [-0.3, -0.25) is 9.89 Å². The number of fused-ring (bicyclic) bond motifs is 1. The molecule has 5 N–H and O–H groups in total. The lowest BCUT2D eigenvalue weighted by Crippen LogP contribution is -2.26. The second-order valence-electron chi connectivity index (χ2n) is 5.84. The van der Waals surface area contributed by atoms with E-state index in [0.717, 1.165) is 15.4 Å². The van der Waals surface area contributed by atoms with Crippen molar-refractivity contribution in [3.8, 4) is 0 Å². The molecule has 138 valence electrons. The zero-order chi connectivity index (χ0) is 19.0. The molecular formula is C16H16N8OS2. The van der Waals surface area contributed by atoms with Crippen molar-refractivity contribution in [3.05, 3.63) is 45.3 Å². The van der Waals surface area contributed by atoms with E-state index in [1.807, 2.05) is 6.07 Å². The van der Waals surface area contributed by atoms with Crippen LogP contribution in [0.1, 0.15) is 32.4 Å². The highest BCUT2D eigenvalue weighted by atomic mass is 32.1. The van der Waals surface area contributed by atoms with Gasteiger partial charge in [-0.05, 0) is 6.07 Å². The van der Waals surface area contributed by atoms with Crippen molar-refractivity contribution in [2.24, 2.45) is 7.05 Å². The third kappa shape index (κ3) is 3.22. The summed E-state index contributed by atoms with van der Waals surface area (Å²) in [6.45, 7) is 0.279. The molecule has 0 aromatic carbocycles. The number of H-pyrrole nitrogens is 1. The zero-order valence-corrected chi connectivity index (χ0v) is 15.9. The maximum Gasteiger partial charge on any atom is 0.269 e. The van der Waals surface area contributed by atoms with Crippen molar-refractivity contribution in [2.45, 2.75) is 13.0 Å². The second kappa shape index (κ2) is 6.93. The first-order valence-corrected chi connectivity index (χ1v) is 9.71. The number of carbonyl (C=O) groups is 1. The number of hydrogen-bond acceptors (Lipinski definition) is 8. The molecule has 0 unspecified atom stereocenters. The van der Waals surface area contributed by atoms with Crippen LogP contribution >= 0.6 is 22.7 Å². The van der Waals surface area contributed by atoms with E-state index in [1.165, 1.54) is 28.9 Å². The fourth-order valence-corrected chi connectivity index (χ4v) is 4.54. The van der Waals surface area contributed by atoms with E-state index >= 15 is 0 Å². The molecule has 11 heteroatoms. The number of rotatable bonds is 6. The number of nitrogens with zero attached hydrogens (tertiary/aromatic N) is 4. The standard InChI is InChI=1S/C16H16N8OS2/c1-24-12(15(25)19-6-9-7-26-16(18)21-9)10(5-17)13-14(24)22-11(27-13)4-8-2-3-20-23-8/h2-3,5,7,17H,4,6H2,1H3,(H2,18,21)(H,19,25)(H,20,23). The van der Waals surface area contributed by atoms with E-state index in [9.17, 15) is 4.79 Å². The van der Waals surface area contributed by atoms with Crippen molar-refractivity contribution in [1.29, 1.82) is 5.41 Å². The summed E-state index contributed by atoms with van der Waals surface area (Å²) in [7, 11) is 1.78. The number of nitrogens with one attached hydrogen (secondary N) is 3. The summed E-state index contributed by atoms with van der Waals surface area (Å²) in [5.41, 5.74) is 8.95. The summed E-state index contributed by atoms with van der Waals surface area (Å²) >= 11 is 2.81. The highest BCUT2D eigenvalue weighted by Crippen LogP contribution is 2.30. The number of nitrogen functional groups attached to an aromatic ring is 1. The number of nitrogens with two attached hydrogens (primary N) is 1. The first-order valence-electron chi connectivity index (χ1n) is 8.01. The average molecular weight is 400 g/mol. The Morgan fingerprint density at radius 3 is 3.00 bits per heavy atom. The van der Waals surface area contributed by atoms with Crippen molar-refractivity contribution in [1.82, 2.24) is 30.0 Å². The van der Waals surface area contributed by atoms with E-state index in [0.29, 0.717) is 34.2 Å². The third-order valence-corrected chi connectivity index (χ3v) is 5.87. The van der Waals surface area contributed by atoms with E-state index in [4.69, 9.17) is 11.1 Å². The SMILES string of the molecule is Cn1c(C(=O)NCc2csc(N)n2)c(C=N)c2sc(Cc3ccn[nH]3)nc21. The van der Waals surface area contributed by atoms with Crippen LogP contribution in [0.2, 0.25) is 0 Å². The highest BCUT2D eigenvalue weighted by Gasteiger charge is 2.23. The number of anilines is 1. The number of thiazole rings is 2. The van der Waals surface area contributed by atoms with Gasteiger partial charge in [0.25, 0.3) is 5.91 Å². The van der Waals surface area contributed by atoms with E-state index < -0.39 is 0 Å². The molecule has 1 amide bonds. The van der Waals surface area contributed by atoms with Gasteiger partial charge < -0.3 is 21.0 Å². The Morgan fingerprint density at radius 2 is 2.33 bits per heavy atom. The molecule has 0 aliphatic heterocycles. The molecule has 0 fully saturated rings. The average Bonchev–Trinajstić information content (AvgIpc) is 3.41. The van der Waals surface area contributed by atoms with Crippen LogP contribution in [0.3, 0.4) is 0 Å². The quantitative estimate of drug-likeness (QED) is 0.366. The summed E-state index contributed by atoms with van der Waals surface area (Å²) in [5.74, 6) is -0.275. The minimum absolute atomic E-state index is 0.275. The van der Waals surface area contributed by atoms with E-state index in [-0.39, 0.29) is 12.5 Å². The van der Waals surface area contributed by atoms with Crippen LogP contribution in [-0.4, -0.2) is 36.9 Å². The van der Waals surface area contributed by atoms with Gasteiger partial charge in [0.15, 0.2) is 10.8 Å². The molecule has 0 spiro atoms. The minimum Gasteiger partial charge on any atom is -0.375 e. The molecule has 0 saturated heterocycles. The van der Waals surface area contributed by atoms with Crippen LogP contribution in [-0.2, 0) is 20.0 Å². The maximum atomic E-state index is 12.7. The molecular weight excluding hydrogens is 384 g/mol. The lowest BCUT2D eigenvalue weighted by molar-refractivity contribution is 0.0942. The molecule has 0 atom stereocenters. The Labute approximate surface area is 161 Å². The number of aromatic nitrogens is 5. The van der Waals surface area contributed by atoms with Crippen LogP contribution in [0.15, 0.2) is 17.6 Å². The predicted octanol–water partition coefficient (Wildman–Crippen LogP) is 1.92. The largest absolute Gasteiger partial charge is 0.375 e. The topological polar surface area (TPSA) is 138 Å². The molecule has 0 saturated carbocycles. The molecule has 4 heterocycles. The monoisotopic (exact) mass is 400 g/mol.